The molecule has 0 radical (unpaired) electrons. The summed E-state index contributed by atoms with van der Waals surface area (Å²) in [6.45, 7) is 35.0. The standard InChI is InChI=1S/C30H30NO.C29H28NO.C28H26NO.C27H24NO/c1-18(2)25-16-27(31(6)17-20(25)4)28-21(5)19(3)15-26-24-14-10-13-23(29(24)32-30(26)28)22-11-8-7-9-12-22;1-18(2)22-14-15-30(5)26(17-22)27-20(4)19(3)16-25-24-13-9-12-23(28(24)31-29(25)27)21-10-7-6-8-11-21;1-17-15-25(29(5)16-19(17)3)26-20(4)18(2)14-24-23-13-9-12-22(27(23)30-28(24)26)21-10-7-6-8-11-21;1-17-13-14-28(4)24(15-17)25-19(3)18(2)16-23-22-12-8-11-21(26(22)29-27(23)25)20-9-6-5-7-10-20/h7-18H,1-6H3;6-18H,1-5H3;6-16H,1-5H3;5-16H,1-4H3/q4*+1/i;;;5D,6D,7D,9D,10D. The second-order valence-corrected chi connectivity index (χ2v) is 34.0. The number of para-hydroxylation sites is 4. The zero-order chi connectivity index (χ0) is 89.7. The molecule has 12 aromatic carbocycles. The fourth-order valence-corrected chi connectivity index (χ4v) is 17.9. The van der Waals surface area contributed by atoms with Gasteiger partial charge in [0.2, 0.25) is 22.8 Å². The fourth-order valence-electron chi connectivity index (χ4n) is 17.9. The van der Waals surface area contributed by atoms with Crippen molar-refractivity contribution >= 4 is 87.8 Å². The van der Waals surface area contributed by atoms with Gasteiger partial charge in [-0.1, -0.05) is 222 Å². The zero-order valence-electron chi connectivity index (χ0n) is 78.7. The number of rotatable bonds is 10. The van der Waals surface area contributed by atoms with E-state index in [0.29, 0.717) is 23.0 Å². The summed E-state index contributed by atoms with van der Waals surface area (Å²) in [5.41, 5.74) is 41.4. The minimum Gasteiger partial charge on any atom is -0.454 e. The monoisotopic (exact) mass is 1600 g/mol. The summed E-state index contributed by atoms with van der Waals surface area (Å²) in [7, 11) is 8.37. The normalized spacial score (nSPS) is 12.2. The number of benzene rings is 12. The zero-order valence-corrected chi connectivity index (χ0v) is 73.7. The molecule has 0 N–H and O–H groups in total. The van der Waals surface area contributed by atoms with E-state index >= 15 is 0 Å². The molecule has 0 bridgehead atoms. The lowest BCUT2D eigenvalue weighted by Crippen LogP contribution is -2.32. The molecule has 20 aromatic rings. The molecular weight excluding hydrogens is 1490 g/mol. The van der Waals surface area contributed by atoms with Crippen LogP contribution >= 0.6 is 0 Å². The first-order valence-electron chi connectivity index (χ1n) is 44.9. The number of aromatic nitrogens is 4. The Morgan fingerprint density at radius 1 is 0.262 bits per heavy atom. The molecule has 8 aromatic heterocycles. The van der Waals surface area contributed by atoms with Gasteiger partial charge in [0.15, 0.2) is 24.8 Å². The Morgan fingerprint density at radius 2 is 0.590 bits per heavy atom. The van der Waals surface area contributed by atoms with Crippen molar-refractivity contribution in [2.45, 2.75) is 123 Å². The van der Waals surface area contributed by atoms with Crippen molar-refractivity contribution in [3.63, 3.8) is 0 Å². The van der Waals surface area contributed by atoms with Crippen LogP contribution < -0.4 is 18.3 Å². The molecule has 8 heteroatoms. The number of nitrogens with zero attached hydrogens (tertiary/aromatic N) is 4. The number of pyridine rings is 4. The molecule has 0 aliphatic rings. The van der Waals surface area contributed by atoms with E-state index in [9.17, 15) is 0 Å². The summed E-state index contributed by atoms with van der Waals surface area (Å²) in [6, 6.07) is 77.1. The van der Waals surface area contributed by atoms with Crippen LogP contribution in [-0.2, 0) is 28.2 Å². The number of hydrogen-bond donors (Lipinski definition) is 0. The molecule has 8 nitrogen and oxygen atoms in total. The minimum atomic E-state index is -0.406. The topological polar surface area (TPSA) is 68.1 Å². The van der Waals surface area contributed by atoms with E-state index in [-0.39, 0.29) is 29.7 Å². The quantitative estimate of drug-likeness (QED) is 0.128. The van der Waals surface area contributed by atoms with Crippen molar-refractivity contribution in [2.24, 2.45) is 28.2 Å². The first-order valence-corrected chi connectivity index (χ1v) is 42.4. The lowest BCUT2D eigenvalue weighted by atomic mass is 9.92. The highest BCUT2D eigenvalue weighted by molar-refractivity contribution is 6.17. The van der Waals surface area contributed by atoms with Gasteiger partial charge in [-0.25, -0.2) is 18.3 Å². The van der Waals surface area contributed by atoms with Crippen LogP contribution in [0.2, 0.25) is 0 Å². The second kappa shape index (κ2) is 32.9. The number of hydrogen-bond acceptors (Lipinski definition) is 4. The number of fused-ring (bicyclic) bond motifs is 12. The summed E-state index contributed by atoms with van der Waals surface area (Å²) in [5, 5.41) is 8.83. The highest BCUT2D eigenvalue weighted by Crippen LogP contribution is 2.48. The van der Waals surface area contributed by atoms with E-state index in [2.05, 4.69) is 369 Å². The Morgan fingerprint density at radius 3 is 0.951 bits per heavy atom. The molecule has 122 heavy (non-hydrogen) atoms. The predicted octanol–water partition coefficient (Wildman–Crippen LogP) is 28.9. The Balaban J connectivity index is 0.000000119. The van der Waals surface area contributed by atoms with Gasteiger partial charge in [0, 0.05) is 113 Å². The smallest absolute Gasteiger partial charge is 0.216 e. The van der Waals surface area contributed by atoms with Gasteiger partial charge in [-0.15, -0.1) is 0 Å². The molecule has 0 saturated carbocycles. The van der Waals surface area contributed by atoms with Crippen LogP contribution in [-0.4, -0.2) is 0 Å². The Kier molecular flexibility index (Phi) is 20.1. The molecule has 0 aliphatic carbocycles. The van der Waals surface area contributed by atoms with Crippen LogP contribution in [0, 0.1) is 83.1 Å². The SMILES string of the molecule is Cc1c[n+](C)c(-c2c(C)c(C)cc3c2oc2c(-c4ccccc4)cccc23)cc1C(C)C.Cc1cc(-c2c(C)c(C)cc3c2oc2c(-c4ccccc4)cccc23)[n+](C)cc1C.Cc1cc2c(oc3c(-c4ccccc4)cccc32)c(-c2cc(C(C)C)cc[n+]2C)c1C.[2H]c1c([2H])c([2H])c(-c2cccc3c2oc2c(-c4cc(C)cc[n+]4C)c(C)c(C)cc23)c([2H])c1[2H]. The van der Waals surface area contributed by atoms with Crippen molar-refractivity contribution < 1.29 is 42.8 Å². The van der Waals surface area contributed by atoms with Gasteiger partial charge in [0.05, 0.1) is 29.1 Å². The maximum absolute atomic E-state index is 8.46. The van der Waals surface area contributed by atoms with Crippen molar-refractivity contribution in [1.82, 2.24) is 0 Å². The maximum Gasteiger partial charge on any atom is 0.216 e. The molecule has 0 amide bonds. The van der Waals surface area contributed by atoms with E-state index < -0.39 is 6.04 Å². The lowest BCUT2D eigenvalue weighted by molar-refractivity contribution is -0.660. The maximum atomic E-state index is 8.46. The number of furan rings is 4. The van der Waals surface area contributed by atoms with E-state index in [4.69, 9.17) is 24.5 Å². The highest BCUT2D eigenvalue weighted by Gasteiger charge is 2.30. The summed E-state index contributed by atoms with van der Waals surface area (Å²) < 4.78 is 76.4. The summed E-state index contributed by atoms with van der Waals surface area (Å²) in [4.78, 5) is 0. The van der Waals surface area contributed by atoms with Gasteiger partial charge >= 0.3 is 0 Å². The molecule has 0 spiro atoms. The molecule has 0 unspecified atom stereocenters. The first kappa shape index (κ1) is 74.7. The van der Waals surface area contributed by atoms with Crippen LogP contribution in [0.1, 0.15) is 124 Å². The summed E-state index contributed by atoms with van der Waals surface area (Å²) in [6.07, 6.45) is 8.64. The van der Waals surface area contributed by atoms with Gasteiger partial charge in [-0.3, -0.25) is 0 Å². The molecule has 0 saturated heterocycles. The van der Waals surface area contributed by atoms with Crippen LogP contribution in [0.3, 0.4) is 0 Å². The van der Waals surface area contributed by atoms with E-state index in [1.165, 1.54) is 144 Å². The second-order valence-electron chi connectivity index (χ2n) is 34.0. The fraction of sp³-hybridized carbons (Fsp3) is 0.193. The third kappa shape index (κ3) is 14.6. The van der Waals surface area contributed by atoms with Crippen molar-refractivity contribution in [2.75, 3.05) is 0 Å². The molecule has 0 atom stereocenters. The Labute approximate surface area is 723 Å². The van der Waals surface area contributed by atoms with Crippen molar-refractivity contribution in [1.29, 1.82) is 0 Å². The third-order valence-corrected chi connectivity index (χ3v) is 25.3. The van der Waals surface area contributed by atoms with Gasteiger partial charge in [0.1, 0.15) is 72.9 Å². The van der Waals surface area contributed by atoms with Crippen LogP contribution in [0.25, 0.3) is 177 Å². The molecule has 0 fully saturated rings. The van der Waals surface area contributed by atoms with E-state index in [0.717, 1.165) is 94.5 Å². The largest absolute Gasteiger partial charge is 0.454 e. The molecule has 0 aliphatic heterocycles. The third-order valence-electron chi connectivity index (χ3n) is 25.3. The van der Waals surface area contributed by atoms with Gasteiger partial charge in [-0.2, -0.15) is 0 Å². The summed E-state index contributed by atoms with van der Waals surface area (Å²) >= 11 is 0. The van der Waals surface area contributed by atoms with Crippen molar-refractivity contribution in [3.05, 3.63) is 357 Å². The van der Waals surface area contributed by atoms with Gasteiger partial charge < -0.3 is 17.7 Å². The van der Waals surface area contributed by atoms with E-state index in [1.807, 2.05) is 31.4 Å². The minimum absolute atomic E-state index is 0.145. The van der Waals surface area contributed by atoms with Gasteiger partial charge in [0.25, 0.3) is 0 Å². The average Bonchev–Trinajstić information content (AvgIpc) is 1.65. The molecular formula is C114H108N4O4+4. The Hall–Kier alpha value is -13.6. The van der Waals surface area contributed by atoms with Crippen LogP contribution in [0.5, 0.6) is 0 Å². The highest BCUT2D eigenvalue weighted by atomic mass is 16.3. The van der Waals surface area contributed by atoms with E-state index in [1.54, 1.807) is 6.07 Å². The van der Waals surface area contributed by atoms with Crippen LogP contribution in [0.15, 0.2) is 297 Å². The van der Waals surface area contributed by atoms with Crippen molar-refractivity contribution in [3.8, 4) is 89.5 Å². The predicted molar refractivity (Wildman–Crippen MR) is 508 cm³/mol. The number of aryl methyl sites for hydroxylation is 12. The van der Waals surface area contributed by atoms with Crippen LogP contribution in [0.4, 0.5) is 0 Å². The molecule has 604 valence electrons. The molecule has 8 heterocycles. The molecule has 20 rings (SSSR count). The van der Waals surface area contributed by atoms with Gasteiger partial charge in [-0.05, 0) is 208 Å². The lowest BCUT2D eigenvalue weighted by Gasteiger charge is -2.13. The average molecular weight is 1600 g/mol. The summed E-state index contributed by atoms with van der Waals surface area (Å²) in [5.74, 6) is 0.942. The first-order chi connectivity index (χ1) is 60.9. The Bertz CT molecular complexity index is 7790.